The van der Waals surface area contributed by atoms with Gasteiger partial charge in [0.05, 0.1) is 0 Å². The van der Waals surface area contributed by atoms with Gasteiger partial charge < -0.3 is 15.2 Å². The second kappa shape index (κ2) is 7.88. The molecule has 30 heavy (non-hydrogen) atoms. The number of sulfonamides is 1. The molecule has 0 unspecified atom stereocenters. The van der Waals surface area contributed by atoms with E-state index in [9.17, 15) is 18.0 Å². The maximum Gasteiger partial charge on any atom is 0.265 e. The third kappa shape index (κ3) is 3.75. The van der Waals surface area contributed by atoms with Crippen LogP contribution < -0.4 is 5.73 Å². The van der Waals surface area contributed by atoms with Crippen LogP contribution in [-0.4, -0.2) is 53.6 Å². The number of aromatic nitrogens is 1. The van der Waals surface area contributed by atoms with Crippen LogP contribution in [0.1, 0.15) is 34.5 Å². The fourth-order valence-electron chi connectivity index (χ4n) is 4.35. The number of fused-ring (bicyclic) bond motifs is 1. The van der Waals surface area contributed by atoms with Gasteiger partial charge in [0.2, 0.25) is 15.9 Å². The van der Waals surface area contributed by atoms with Gasteiger partial charge in [0.1, 0.15) is 10.6 Å². The minimum atomic E-state index is -3.73. The molecule has 4 rings (SSSR count). The van der Waals surface area contributed by atoms with E-state index in [1.54, 1.807) is 7.05 Å². The van der Waals surface area contributed by atoms with Crippen LogP contribution in [0.25, 0.3) is 0 Å². The fourth-order valence-corrected chi connectivity index (χ4v) is 5.90. The van der Waals surface area contributed by atoms with Crippen LogP contribution in [0.4, 0.5) is 0 Å². The average molecular weight is 431 g/mol. The number of hydrogen-bond acceptors (Lipinski definition) is 4. The Labute approximate surface area is 176 Å². The first-order valence-corrected chi connectivity index (χ1v) is 11.5. The van der Waals surface area contributed by atoms with Crippen molar-refractivity contribution in [1.29, 1.82) is 0 Å². The molecule has 2 amide bonds. The summed E-state index contributed by atoms with van der Waals surface area (Å²) in [4.78, 5) is 26.4. The Bertz CT molecular complexity index is 1080. The lowest BCUT2D eigenvalue weighted by Gasteiger charge is -2.35. The normalized spacial score (nSPS) is 18.2. The highest BCUT2D eigenvalue weighted by atomic mass is 32.2. The van der Waals surface area contributed by atoms with E-state index in [0.717, 1.165) is 6.42 Å². The molecule has 2 N–H and O–H groups in total. The van der Waals surface area contributed by atoms with Gasteiger partial charge in [-0.2, -0.15) is 4.31 Å². The number of nitrogens with zero attached hydrogens (tertiary/aromatic N) is 3. The summed E-state index contributed by atoms with van der Waals surface area (Å²) >= 11 is 0. The number of carbonyl (C=O) groups is 2. The molecule has 1 fully saturated rings. The summed E-state index contributed by atoms with van der Waals surface area (Å²) in [6.07, 6.45) is 3.24. The van der Waals surface area contributed by atoms with Crippen molar-refractivity contribution >= 4 is 21.8 Å². The van der Waals surface area contributed by atoms with Gasteiger partial charge in [-0.05, 0) is 36.5 Å². The van der Waals surface area contributed by atoms with Crippen molar-refractivity contribution in [3.05, 3.63) is 53.3 Å². The molecule has 0 spiro atoms. The van der Waals surface area contributed by atoms with Crippen LogP contribution in [0, 0.1) is 5.92 Å². The molecule has 9 heteroatoms. The van der Waals surface area contributed by atoms with Gasteiger partial charge in [0.25, 0.3) is 5.91 Å². The summed E-state index contributed by atoms with van der Waals surface area (Å²) in [5, 5.41) is 0. The monoisotopic (exact) mass is 430 g/mol. The first-order valence-electron chi connectivity index (χ1n) is 10.1. The lowest BCUT2D eigenvalue weighted by Crippen LogP contribution is -2.45. The van der Waals surface area contributed by atoms with E-state index in [1.807, 2.05) is 17.0 Å². The van der Waals surface area contributed by atoms with Crippen LogP contribution in [0.3, 0.4) is 0 Å². The first-order chi connectivity index (χ1) is 14.3. The number of amides is 2. The highest BCUT2D eigenvalue weighted by Gasteiger charge is 2.35. The molecule has 0 radical (unpaired) electrons. The molecule has 1 saturated heterocycles. The van der Waals surface area contributed by atoms with Crippen molar-refractivity contribution in [2.24, 2.45) is 18.7 Å². The molecule has 1 aromatic carbocycles. The van der Waals surface area contributed by atoms with Crippen molar-refractivity contribution < 1.29 is 18.0 Å². The number of piperidine rings is 1. The smallest absolute Gasteiger partial charge is 0.265 e. The molecule has 2 aromatic rings. The minimum Gasteiger partial charge on any atom is -0.364 e. The first kappa shape index (κ1) is 20.6. The fraction of sp³-hybridized carbons (Fsp3) is 0.429. The van der Waals surface area contributed by atoms with Gasteiger partial charge in [-0.1, -0.05) is 24.3 Å². The van der Waals surface area contributed by atoms with Crippen LogP contribution in [0.5, 0.6) is 0 Å². The molecular formula is C21H26N4O4S. The summed E-state index contributed by atoms with van der Waals surface area (Å²) in [5.74, 6) is -0.734. The highest BCUT2D eigenvalue weighted by molar-refractivity contribution is 7.89. The molecule has 2 aliphatic heterocycles. The molecule has 160 valence electrons. The van der Waals surface area contributed by atoms with Crippen molar-refractivity contribution in [3.63, 3.8) is 0 Å². The topological polar surface area (TPSA) is 106 Å². The van der Waals surface area contributed by atoms with E-state index in [-0.39, 0.29) is 35.5 Å². The molecule has 1 aromatic heterocycles. The molecule has 2 aliphatic rings. The number of carbonyl (C=O) groups excluding carboxylic acids is 2. The summed E-state index contributed by atoms with van der Waals surface area (Å²) in [6.45, 7) is 1.88. The number of primary amides is 1. The van der Waals surface area contributed by atoms with Gasteiger partial charge in [-0.3, -0.25) is 9.59 Å². The molecule has 3 heterocycles. The second-order valence-corrected chi connectivity index (χ2v) is 9.93. The Hall–Kier alpha value is -2.65. The zero-order valence-corrected chi connectivity index (χ0v) is 17.8. The van der Waals surface area contributed by atoms with Crippen LogP contribution in [0.15, 0.2) is 41.4 Å². The van der Waals surface area contributed by atoms with Crippen molar-refractivity contribution in [1.82, 2.24) is 13.8 Å². The number of nitrogens with two attached hydrogens (primary N) is 1. The molecule has 0 saturated carbocycles. The van der Waals surface area contributed by atoms with Crippen molar-refractivity contribution in [3.8, 4) is 0 Å². The standard InChI is InChI=1S/C21H26N4O4S/c1-23-14-18(12-19(23)20(22)26)30(28,29)25-10-7-16(8-11-25)21(27)24-9-6-15-4-2-3-5-17(15)13-24/h2-5,12,14,16H,6-11,13H2,1H3,(H2,22,26). The maximum atomic E-state index is 13.0. The molecule has 0 aliphatic carbocycles. The summed E-state index contributed by atoms with van der Waals surface area (Å²) < 4.78 is 28.7. The summed E-state index contributed by atoms with van der Waals surface area (Å²) in [5.41, 5.74) is 7.91. The molecule has 0 bridgehead atoms. The predicted octanol–water partition coefficient (Wildman–Crippen LogP) is 1.11. The third-order valence-corrected chi connectivity index (χ3v) is 7.98. The van der Waals surface area contributed by atoms with E-state index in [4.69, 9.17) is 5.73 Å². The zero-order valence-electron chi connectivity index (χ0n) is 17.0. The van der Waals surface area contributed by atoms with Crippen molar-refractivity contribution in [2.45, 2.75) is 30.7 Å². The van der Waals surface area contributed by atoms with Gasteiger partial charge in [0.15, 0.2) is 0 Å². The largest absolute Gasteiger partial charge is 0.364 e. The zero-order chi connectivity index (χ0) is 21.5. The number of hydrogen-bond donors (Lipinski definition) is 1. The predicted molar refractivity (Wildman–Crippen MR) is 111 cm³/mol. The van der Waals surface area contributed by atoms with E-state index in [0.29, 0.717) is 25.9 Å². The highest BCUT2D eigenvalue weighted by Crippen LogP contribution is 2.28. The Morgan fingerprint density at radius 1 is 1.07 bits per heavy atom. The summed E-state index contributed by atoms with van der Waals surface area (Å²) in [7, 11) is -2.15. The lowest BCUT2D eigenvalue weighted by atomic mass is 9.94. The Balaban J connectivity index is 1.41. The average Bonchev–Trinajstić information content (AvgIpc) is 3.16. The minimum absolute atomic E-state index is 0.0521. The van der Waals surface area contributed by atoms with Crippen LogP contribution in [0.2, 0.25) is 0 Å². The van der Waals surface area contributed by atoms with Crippen LogP contribution in [-0.2, 0) is 34.8 Å². The van der Waals surface area contributed by atoms with E-state index < -0.39 is 15.9 Å². The van der Waals surface area contributed by atoms with E-state index >= 15 is 0 Å². The maximum absolute atomic E-state index is 13.0. The van der Waals surface area contributed by atoms with Gasteiger partial charge in [-0.15, -0.1) is 0 Å². The number of benzene rings is 1. The van der Waals surface area contributed by atoms with E-state index in [2.05, 4.69) is 12.1 Å². The number of rotatable bonds is 4. The quantitative estimate of drug-likeness (QED) is 0.784. The van der Waals surface area contributed by atoms with Gasteiger partial charge >= 0.3 is 0 Å². The van der Waals surface area contributed by atoms with Gasteiger partial charge in [0, 0.05) is 45.3 Å². The Kier molecular flexibility index (Phi) is 5.42. The molecule has 0 atom stereocenters. The van der Waals surface area contributed by atoms with Gasteiger partial charge in [-0.25, -0.2) is 8.42 Å². The summed E-state index contributed by atoms with van der Waals surface area (Å²) in [6, 6.07) is 9.48. The van der Waals surface area contributed by atoms with Crippen LogP contribution >= 0.6 is 0 Å². The van der Waals surface area contributed by atoms with E-state index in [1.165, 1.54) is 32.3 Å². The lowest BCUT2D eigenvalue weighted by molar-refractivity contribution is -0.137. The van der Waals surface area contributed by atoms with Crippen molar-refractivity contribution in [2.75, 3.05) is 19.6 Å². The SMILES string of the molecule is Cn1cc(S(=O)(=O)N2CCC(C(=O)N3CCc4ccccc4C3)CC2)cc1C(N)=O. The Morgan fingerprint density at radius 3 is 2.37 bits per heavy atom. The molecular weight excluding hydrogens is 404 g/mol. The Morgan fingerprint density at radius 2 is 1.73 bits per heavy atom. The third-order valence-electron chi connectivity index (χ3n) is 6.12. The second-order valence-electron chi connectivity index (χ2n) is 7.99. The molecule has 8 nitrogen and oxygen atoms in total. The number of aryl methyl sites for hydroxylation is 1.